The van der Waals surface area contributed by atoms with Crippen LogP contribution in [0.15, 0.2) is 0 Å². The molecule has 0 aromatic heterocycles. The minimum atomic E-state index is 0.273. The Balaban J connectivity index is 1.90. The first-order chi connectivity index (χ1) is 7.31. The summed E-state index contributed by atoms with van der Waals surface area (Å²) < 4.78 is 10.9. The molecule has 0 bridgehead atoms. The topological polar surface area (TPSA) is 47.7 Å². The second-order valence-electron chi connectivity index (χ2n) is 4.59. The monoisotopic (exact) mass is 214 g/mol. The third kappa shape index (κ3) is 2.69. The first-order valence-electron chi connectivity index (χ1n) is 5.91. The number of nitrogens with two attached hydrogens (primary N) is 1. The van der Waals surface area contributed by atoms with Crippen molar-refractivity contribution in [1.82, 2.24) is 4.90 Å². The van der Waals surface area contributed by atoms with Gasteiger partial charge in [-0.15, -0.1) is 0 Å². The van der Waals surface area contributed by atoms with Gasteiger partial charge >= 0.3 is 0 Å². The Kier molecular flexibility index (Phi) is 3.97. The van der Waals surface area contributed by atoms with Gasteiger partial charge in [0, 0.05) is 32.3 Å². The maximum atomic E-state index is 6.13. The van der Waals surface area contributed by atoms with Crippen molar-refractivity contribution in [3.63, 3.8) is 0 Å². The summed E-state index contributed by atoms with van der Waals surface area (Å²) in [6.07, 6.45) is 3.75. The number of methoxy groups -OCH3 is 1. The van der Waals surface area contributed by atoms with E-state index >= 15 is 0 Å². The van der Waals surface area contributed by atoms with Gasteiger partial charge in [-0.25, -0.2) is 0 Å². The molecule has 3 atom stereocenters. The Hall–Kier alpha value is -0.160. The molecule has 0 aromatic carbocycles. The smallest absolute Gasteiger partial charge is 0.0698 e. The van der Waals surface area contributed by atoms with Crippen LogP contribution in [0.1, 0.15) is 19.3 Å². The standard InChI is InChI=1S/C11H22N2O2/c1-14-9-3-2-5-13(7-9)11-8-15-6-4-10(11)12/h9-11H,2-8,12H2,1H3. The zero-order chi connectivity index (χ0) is 10.7. The molecule has 0 spiro atoms. The molecular weight excluding hydrogens is 192 g/mol. The van der Waals surface area contributed by atoms with Crippen molar-refractivity contribution in [2.75, 3.05) is 33.4 Å². The zero-order valence-corrected chi connectivity index (χ0v) is 9.52. The highest BCUT2D eigenvalue weighted by Gasteiger charge is 2.31. The quantitative estimate of drug-likeness (QED) is 0.714. The maximum absolute atomic E-state index is 6.13. The second-order valence-corrected chi connectivity index (χ2v) is 4.59. The summed E-state index contributed by atoms with van der Waals surface area (Å²) in [6.45, 7) is 3.76. The number of hydrogen-bond donors (Lipinski definition) is 1. The molecule has 0 aliphatic carbocycles. The van der Waals surface area contributed by atoms with Crippen molar-refractivity contribution >= 4 is 0 Å². The Morgan fingerprint density at radius 2 is 2.27 bits per heavy atom. The molecule has 0 saturated carbocycles. The van der Waals surface area contributed by atoms with E-state index in [0.29, 0.717) is 12.1 Å². The van der Waals surface area contributed by atoms with Gasteiger partial charge in [-0.3, -0.25) is 4.90 Å². The van der Waals surface area contributed by atoms with E-state index < -0.39 is 0 Å². The fourth-order valence-electron chi connectivity index (χ4n) is 2.58. The van der Waals surface area contributed by atoms with Gasteiger partial charge in [-0.1, -0.05) is 0 Å². The number of piperidine rings is 1. The third-order valence-corrected chi connectivity index (χ3v) is 3.59. The van der Waals surface area contributed by atoms with Crippen molar-refractivity contribution in [1.29, 1.82) is 0 Å². The Labute approximate surface area is 91.7 Å². The van der Waals surface area contributed by atoms with E-state index in [2.05, 4.69) is 4.90 Å². The lowest BCUT2D eigenvalue weighted by Gasteiger charge is -2.42. The van der Waals surface area contributed by atoms with E-state index in [4.69, 9.17) is 15.2 Å². The summed E-state index contributed by atoms with van der Waals surface area (Å²) in [4.78, 5) is 2.45. The van der Waals surface area contributed by atoms with Crippen molar-refractivity contribution < 1.29 is 9.47 Å². The van der Waals surface area contributed by atoms with Gasteiger partial charge in [0.25, 0.3) is 0 Å². The number of likely N-dealkylation sites (tertiary alicyclic amines) is 1. The van der Waals surface area contributed by atoms with Crippen LogP contribution in [0.3, 0.4) is 0 Å². The molecule has 2 aliphatic rings. The van der Waals surface area contributed by atoms with E-state index in [1.54, 1.807) is 7.11 Å². The molecular formula is C11H22N2O2. The van der Waals surface area contributed by atoms with E-state index in [-0.39, 0.29) is 6.04 Å². The number of nitrogens with zero attached hydrogens (tertiary/aromatic N) is 1. The molecule has 3 unspecified atom stereocenters. The van der Waals surface area contributed by atoms with Gasteiger partial charge in [0.15, 0.2) is 0 Å². The van der Waals surface area contributed by atoms with Crippen molar-refractivity contribution in [2.45, 2.75) is 37.5 Å². The minimum Gasteiger partial charge on any atom is -0.380 e. The molecule has 2 rings (SSSR count). The average Bonchev–Trinajstić information content (AvgIpc) is 2.30. The van der Waals surface area contributed by atoms with Crippen LogP contribution < -0.4 is 5.73 Å². The molecule has 0 aromatic rings. The van der Waals surface area contributed by atoms with E-state index in [1.165, 1.54) is 12.8 Å². The van der Waals surface area contributed by atoms with Crippen molar-refractivity contribution in [2.24, 2.45) is 5.73 Å². The van der Waals surface area contributed by atoms with Gasteiger partial charge in [0.2, 0.25) is 0 Å². The molecule has 0 radical (unpaired) electrons. The van der Waals surface area contributed by atoms with Gasteiger partial charge in [0.1, 0.15) is 0 Å². The van der Waals surface area contributed by atoms with Gasteiger partial charge in [-0.05, 0) is 25.8 Å². The number of rotatable bonds is 2. The van der Waals surface area contributed by atoms with Crippen molar-refractivity contribution in [3.05, 3.63) is 0 Å². The molecule has 2 heterocycles. The fourth-order valence-corrected chi connectivity index (χ4v) is 2.58. The first kappa shape index (κ1) is 11.3. The van der Waals surface area contributed by atoms with E-state index in [1.807, 2.05) is 0 Å². The van der Waals surface area contributed by atoms with Crippen LogP contribution in [-0.2, 0) is 9.47 Å². The molecule has 4 heteroatoms. The molecule has 4 nitrogen and oxygen atoms in total. The predicted molar refractivity (Wildman–Crippen MR) is 58.8 cm³/mol. The van der Waals surface area contributed by atoms with Gasteiger partial charge in [0.05, 0.1) is 12.7 Å². The average molecular weight is 214 g/mol. The third-order valence-electron chi connectivity index (χ3n) is 3.59. The van der Waals surface area contributed by atoms with Crippen molar-refractivity contribution in [3.8, 4) is 0 Å². The van der Waals surface area contributed by atoms with Crippen LogP contribution in [0.25, 0.3) is 0 Å². The van der Waals surface area contributed by atoms with Crippen LogP contribution in [0, 0.1) is 0 Å². The highest BCUT2D eigenvalue weighted by Crippen LogP contribution is 2.19. The highest BCUT2D eigenvalue weighted by atomic mass is 16.5. The predicted octanol–water partition coefficient (Wildman–Crippen LogP) is 0.213. The molecule has 0 amide bonds. The molecule has 2 fully saturated rings. The van der Waals surface area contributed by atoms with Crippen LogP contribution in [-0.4, -0.2) is 56.5 Å². The first-order valence-corrected chi connectivity index (χ1v) is 5.91. The molecule has 15 heavy (non-hydrogen) atoms. The summed E-state index contributed by atoms with van der Waals surface area (Å²) in [5, 5.41) is 0. The maximum Gasteiger partial charge on any atom is 0.0698 e. The van der Waals surface area contributed by atoms with E-state index in [0.717, 1.165) is 32.7 Å². The lowest BCUT2D eigenvalue weighted by Crippen LogP contribution is -2.56. The Bertz CT molecular complexity index is 201. The van der Waals surface area contributed by atoms with E-state index in [9.17, 15) is 0 Å². The zero-order valence-electron chi connectivity index (χ0n) is 9.52. The lowest BCUT2D eigenvalue weighted by molar-refractivity contribution is -0.0366. The molecule has 2 saturated heterocycles. The summed E-state index contributed by atoms with van der Waals surface area (Å²) in [7, 11) is 1.80. The number of hydrogen-bond acceptors (Lipinski definition) is 4. The lowest BCUT2D eigenvalue weighted by atomic mass is 9.99. The minimum absolute atomic E-state index is 0.273. The molecule has 2 N–H and O–H groups in total. The molecule has 2 aliphatic heterocycles. The second kappa shape index (κ2) is 5.25. The number of ether oxygens (including phenoxy) is 2. The van der Waals surface area contributed by atoms with Gasteiger partial charge in [-0.2, -0.15) is 0 Å². The SMILES string of the molecule is COC1CCCN(C2COCCC2N)C1. The summed E-state index contributed by atoms with van der Waals surface area (Å²) in [5.41, 5.74) is 6.13. The highest BCUT2D eigenvalue weighted by molar-refractivity contribution is 4.88. The van der Waals surface area contributed by atoms with Gasteiger partial charge < -0.3 is 15.2 Å². The van der Waals surface area contributed by atoms with Crippen LogP contribution in [0.4, 0.5) is 0 Å². The summed E-state index contributed by atoms with van der Waals surface area (Å²) >= 11 is 0. The fraction of sp³-hybridized carbons (Fsp3) is 1.00. The van der Waals surface area contributed by atoms with Crippen LogP contribution >= 0.6 is 0 Å². The molecule has 88 valence electrons. The Morgan fingerprint density at radius 3 is 3.00 bits per heavy atom. The summed E-state index contributed by atoms with van der Waals surface area (Å²) in [6, 6.07) is 0.672. The Morgan fingerprint density at radius 1 is 1.40 bits per heavy atom. The largest absolute Gasteiger partial charge is 0.380 e. The van der Waals surface area contributed by atoms with Crippen LogP contribution in [0.2, 0.25) is 0 Å². The normalized spacial score (nSPS) is 39.2. The van der Waals surface area contributed by atoms with Crippen LogP contribution in [0.5, 0.6) is 0 Å². The summed E-state index contributed by atoms with van der Waals surface area (Å²) in [5.74, 6) is 0.